The molecule has 11 nitrogen and oxygen atoms in total. The number of aromatic nitrogens is 4. The maximum atomic E-state index is 13.7. The van der Waals surface area contributed by atoms with E-state index in [0.29, 0.717) is 41.3 Å². The Morgan fingerprint density at radius 1 is 1.14 bits per heavy atom. The zero-order valence-electron chi connectivity index (χ0n) is 23.7. The number of carbonyl (C=O) groups excluding carboxylic acids is 1. The lowest BCUT2D eigenvalue weighted by Gasteiger charge is -2.13. The number of halogens is 3. The predicted octanol–water partition coefficient (Wildman–Crippen LogP) is 3.46. The van der Waals surface area contributed by atoms with Gasteiger partial charge < -0.3 is 15.3 Å². The molecule has 2 aromatic carbocycles. The van der Waals surface area contributed by atoms with Crippen LogP contribution in [0.4, 0.5) is 13.2 Å². The molecule has 1 amide bonds. The molecule has 0 saturated carbocycles. The topological polar surface area (TPSA) is 138 Å². The molecule has 0 fully saturated rings. The molecule has 0 radical (unpaired) electrons. The van der Waals surface area contributed by atoms with Crippen molar-refractivity contribution in [2.24, 2.45) is 0 Å². The molecule has 43 heavy (non-hydrogen) atoms. The highest BCUT2D eigenvalue weighted by molar-refractivity contribution is 5.77. The summed E-state index contributed by atoms with van der Waals surface area (Å²) in [6.07, 6.45) is -2.37. The zero-order chi connectivity index (χ0) is 31.7. The fourth-order valence-electron chi connectivity index (χ4n) is 4.44. The minimum Gasteiger partial charge on any atom is -0.483 e. The van der Waals surface area contributed by atoms with Crippen LogP contribution in [0.1, 0.15) is 23.2 Å². The highest BCUT2D eigenvalue weighted by Gasteiger charge is 2.31. The van der Waals surface area contributed by atoms with E-state index in [4.69, 9.17) is 15.2 Å². The van der Waals surface area contributed by atoms with Crippen molar-refractivity contribution in [2.75, 3.05) is 27.2 Å². The number of nitrogens with zero attached hydrogens (tertiary/aromatic N) is 6. The molecule has 0 spiro atoms. The highest BCUT2D eigenvalue weighted by Crippen LogP contribution is 2.32. The third-order valence-corrected chi connectivity index (χ3v) is 6.33. The fraction of sp³-hybridized carbons (Fsp3) is 0.276. The van der Waals surface area contributed by atoms with E-state index >= 15 is 0 Å². The minimum atomic E-state index is -4.60. The first-order valence-electron chi connectivity index (χ1n) is 13.0. The van der Waals surface area contributed by atoms with Crippen LogP contribution in [-0.4, -0.2) is 68.5 Å². The van der Waals surface area contributed by atoms with Crippen molar-refractivity contribution in [3.63, 3.8) is 0 Å². The maximum absolute atomic E-state index is 13.7. The van der Waals surface area contributed by atoms with Gasteiger partial charge in [-0.25, -0.2) is 9.48 Å². The Bertz CT molecular complexity index is 1660. The first-order valence-corrected chi connectivity index (χ1v) is 13.0. The number of rotatable bonds is 9. The van der Waals surface area contributed by atoms with Crippen molar-refractivity contribution in [2.45, 2.75) is 26.1 Å². The maximum Gasteiger partial charge on any atom is 0.416 e. The van der Waals surface area contributed by atoms with Gasteiger partial charge in [-0.15, -0.1) is 0 Å². The molecule has 226 valence electrons. The van der Waals surface area contributed by atoms with Crippen LogP contribution in [0.5, 0.6) is 0 Å². The van der Waals surface area contributed by atoms with Gasteiger partial charge in [-0.3, -0.25) is 18.7 Å². The number of hydrogen-bond acceptors (Lipinski definition) is 6. The van der Waals surface area contributed by atoms with Gasteiger partial charge in [-0.2, -0.15) is 23.5 Å². The second-order valence-corrected chi connectivity index (χ2v) is 9.59. The van der Waals surface area contributed by atoms with Crippen LogP contribution in [-0.2, 0) is 22.3 Å². The van der Waals surface area contributed by atoms with E-state index in [1.807, 2.05) is 19.0 Å². The number of alkyl halides is 3. The van der Waals surface area contributed by atoms with E-state index in [9.17, 15) is 22.8 Å². The number of amides is 1. The van der Waals surface area contributed by atoms with E-state index in [1.165, 1.54) is 27.5 Å². The standard InChI is InChI=1S/C28H28F3N7O2.CH2O2/c1-19-26(24-12-14-34-38(24)22-10-8-20(17-32)9-11-22)36(18-25(39)33-13-5-15-35(2)3)27(40)37(19)23-7-4-6-21(16-23)28(29,30)31;2-1-3/h4,6-12,14,16H,5,13,15,18H2,1-3H3,(H,33,39);1H,(H,2,3). The Balaban J connectivity index is 0.00000162. The van der Waals surface area contributed by atoms with Crippen molar-refractivity contribution in [1.82, 2.24) is 29.1 Å². The van der Waals surface area contributed by atoms with Gasteiger partial charge in [-0.05, 0) is 82.5 Å². The van der Waals surface area contributed by atoms with E-state index in [1.54, 1.807) is 41.9 Å². The summed E-state index contributed by atoms with van der Waals surface area (Å²) in [5.41, 5.74) is 0.616. The molecule has 0 aliphatic carbocycles. The van der Waals surface area contributed by atoms with Crippen molar-refractivity contribution in [1.29, 1.82) is 5.26 Å². The van der Waals surface area contributed by atoms with Crippen LogP contribution in [0.3, 0.4) is 0 Å². The summed E-state index contributed by atoms with van der Waals surface area (Å²) in [6.45, 7) is 2.18. The number of nitriles is 1. The molecule has 0 aliphatic heterocycles. The highest BCUT2D eigenvalue weighted by atomic mass is 19.4. The number of imidazole rings is 1. The third kappa shape index (κ3) is 7.77. The largest absolute Gasteiger partial charge is 0.483 e. The average molecular weight is 598 g/mol. The van der Waals surface area contributed by atoms with Crippen LogP contribution >= 0.6 is 0 Å². The summed E-state index contributed by atoms with van der Waals surface area (Å²) in [7, 11) is 3.84. The summed E-state index contributed by atoms with van der Waals surface area (Å²) >= 11 is 0. The Kier molecular flexibility index (Phi) is 10.6. The number of nitrogens with one attached hydrogen (secondary N) is 1. The van der Waals surface area contributed by atoms with Crippen LogP contribution in [0.2, 0.25) is 0 Å². The van der Waals surface area contributed by atoms with Gasteiger partial charge in [0.2, 0.25) is 5.91 Å². The minimum absolute atomic E-state index is 0.0214. The smallest absolute Gasteiger partial charge is 0.416 e. The van der Waals surface area contributed by atoms with Crippen molar-refractivity contribution >= 4 is 12.4 Å². The first-order chi connectivity index (χ1) is 20.4. The molecule has 0 atom stereocenters. The molecule has 4 rings (SSSR count). The van der Waals surface area contributed by atoms with Crippen LogP contribution < -0.4 is 11.0 Å². The monoisotopic (exact) mass is 597 g/mol. The average Bonchev–Trinajstić information content (AvgIpc) is 3.53. The van der Waals surface area contributed by atoms with Crippen molar-refractivity contribution in [3.8, 4) is 28.8 Å². The van der Waals surface area contributed by atoms with Gasteiger partial charge in [0, 0.05) is 6.54 Å². The van der Waals surface area contributed by atoms with Crippen LogP contribution in [0.15, 0.2) is 65.6 Å². The zero-order valence-corrected chi connectivity index (χ0v) is 23.7. The molecule has 14 heteroatoms. The van der Waals surface area contributed by atoms with Crippen LogP contribution in [0.25, 0.3) is 22.8 Å². The molecule has 0 aliphatic rings. The summed E-state index contributed by atoms with van der Waals surface area (Å²) in [4.78, 5) is 37.0. The summed E-state index contributed by atoms with van der Waals surface area (Å²) in [6, 6.07) is 14.8. The third-order valence-electron chi connectivity index (χ3n) is 6.33. The molecular formula is C29H30F3N7O4. The van der Waals surface area contributed by atoms with Gasteiger partial charge in [0.15, 0.2) is 0 Å². The Labute approximate surface area is 245 Å². The van der Waals surface area contributed by atoms with E-state index in [0.717, 1.165) is 18.7 Å². The Morgan fingerprint density at radius 2 is 1.81 bits per heavy atom. The second-order valence-electron chi connectivity index (χ2n) is 9.59. The van der Waals surface area contributed by atoms with Gasteiger partial charge in [0.25, 0.3) is 6.47 Å². The predicted molar refractivity (Wildman–Crippen MR) is 152 cm³/mol. The molecule has 2 N–H and O–H groups in total. The van der Waals surface area contributed by atoms with Crippen molar-refractivity contribution in [3.05, 3.63) is 88.1 Å². The number of benzene rings is 2. The lowest BCUT2D eigenvalue weighted by atomic mass is 10.1. The molecule has 0 unspecified atom stereocenters. The van der Waals surface area contributed by atoms with Crippen LogP contribution in [0, 0.1) is 18.3 Å². The quantitative estimate of drug-likeness (QED) is 0.223. The summed E-state index contributed by atoms with van der Waals surface area (Å²) < 4.78 is 44.4. The molecule has 2 heterocycles. The number of hydrogen-bond donors (Lipinski definition) is 2. The molecule has 2 aromatic heterocycles. The van der Waals surface area contributed by atoms with Gasteiger partial charge in [0.1, 0.15) is 6.54 Å². The molecule has 0 bridgehead atoms. The van der Waals surface area contributed by atoms with Gasteiger partial charge in [0.05, 0.1) is 51.8 Å². The Morgan fingerprint density at radius 3 is 2.42 bits per heavy atom. The number of carboxylic acid groups (broad SMARTS) is 1. The Hall–Kier alpha value is -5.16. The lowest BCUT2D eigenvalue weighted by molar-refractivity contribution is -0.137. The van der Waals surface area contributed by atoms with Crippen molar-refractivity contribution < 1.29 is 27.9 Å². The lowest BCUT2D eigenvalue weighted by Crippen LogP contribution is -2.34. The summed E-state index contributed by atoms with van der Waals surface area (Å²) in [5, 5.41) is 23.2. The molecule has 4 aromatic rings. The summed E-state index contributed by atoms with van der Waals surface area (Å²) in [5.74, 6) is -0.410. The van der Waals surface area contributed by atoms with E-state index < -0.39 is 23.3 Å². The molecule has 0 saturated heterocycles. The molecular weight excluding hydrogens is 567 g/mol. The van der Waals surface area contributed by atoms with E-state index in [2.05, 4.69) is 16.5 Å². The first kappa shape index (κ1) is 32.4. The second kappa shape index (κ2) is 14.1. The van der Waals surface area contributed by atoms with E-state index in [-0.39, 0.29) is 18.7 Å². The fourth-order valence-corrected chi connectivity index (χ4v) is 4.44. The SMILES string of the molecule is Cc1c(-c2ccnn2-c2ccc(C#N)cc2)n(CC(=O)NCCCN(C)C)c(=O)n1-c1cccc(C(F)(F)F)c1.O=CO. The van der Waals surface area contributed by atoms with Gasteiger partial charge >= 0.3 is 11.9 Å². The normalized spacial score (nSPS) is 11.0. The van der Waals surface area contributed by atoms with Gasteiger partial charge in [-0.1, -0.05) is 6.07 Å². The number of carbonyl (C=O) groups is 2.